The number of piperazine rings is 1. The van der Waals surface area contributed by atoms with Gasteiger partial charge in [-0.1, -0.05) is 24.6 Å². The monoisotopic (exact) mass is 409 g/mol. The van der Waals surface area contributed by atoms with Crippen LogP contribution >= 0.6 is 11.8 Å². The molecule has 156 valence electrons. The minimum atomic E-state index is 0.112. The Morgan fingerprint density at radius 2 is 1.79 bits per heavy atom. The van der Waals surface area contributed by atoms with Gasteiger partial charge in [-0.2, -0.15) is 0 Å². The number of hydrogen-bond acceptors (Lipinski definition) is 7. The molecule has 2 aliphatic rings. The van der Waals surface area contributed by atoms with E-state index in [4.69, 9.17) is 0 Å². The van der Waals surface area contributed by atoms with Crippen LogP contribution < -0.4 is 0 Å². The molecule has 1 aliphatic heterocycles. The second-order valence-corrected chi connectivity index (χ2v) is 8.30. The van der Waals surface area contributed by atoms with Crippen LogP contribution in [0.1, 0.15) is 45.6 Å². The lowest BCUT2D eigenvalue weighted by atomic mass is 10.3. The molecule has 2 fully saturated rings. The van der Waals surface area contributed by atoms with Crippen molar-refractivity contribution in [3.05, 3.63) is 0 Å². The van der Waals surface area contributed by atoms with Gasteiger partial charge < -0.3 is 9.80 Å². The highest BCUT2D eigenvalue weighted by atomic mass is 32.2. The number of rotatable bonds is 8. The lowest BCUT2D eigenvalue weighted by molar-refractivity contribution is -0.133. The number of nitrogens with zero attached hydrogens (tertiary/aromatic N) is 7. The lowest BCUT2D eigenvalue weighted by Gasteiger charge is -2.35. The van der Waals surface area contributed by atoms with E-state index in [0.29, 0.717) is 31.4 Å². The minimum absolute atomic E-state index is 0.112. The van der Waals surface area contributed by atoms with Gasteiger partial charge >= 0.3 is 0 Å². The molecule has 1 aliphatic carbocycles. The van der Waals surface area contributed by atoms with E-state index in [0.717, 1.165) is 44.2 Å². The van der Waals surface area contributed by atoms with E-state index in [2.05, 4.69) is 20.4 Å². The highest BCUT2D eigenvalue weighted by Crippen LogP contribution is 2.31. The molecule has 0 atom stereocenters. The van der Waals surface area contributed by atoms with Crippen LogP contribution in [-0.4, -0.2) is 98.3 Å². The zero-order valence-electron chi connectivity index (χ0n) is 16.9. The van der Waals surface area contributed by atoms with E-state index < -0.39 is 0 Å². The second-order valence-electron chi connectivity index (χ2n) is 7.36. The number of likely N-dealkylation sites (N-methyl/N-ethyl adjacent to an activating group) is 1. The summed E-state index contributed by atoms with van der Waals surface area (Å²) < 4.78 is 1.89. The fourth-order valence-corrected chi connectivity index (χ4v) is 4.75. The summed E-state index contributed by atoms with van der Waals surface area (Å²) >= 11 is 1.42. The van der Waals surface area contributed by atoms with Gasteiger partial charge in [-0.15, -0.1) is 5.10 Å². The van der Waals surface area contributed by atoms with Gasteiger partial charge in [-0.3, -0.25) is 14.5 Å². The van der Waals surface area contributed by atoms with E-state index in [1.165, 1.54) is 24.6 Å². The first kappa shape index (κ1) is 21.0. The maximum absolute atomic E-state index is 12.6. The first-order valence-electron chi connectivity index (χ1n) is 10.3. The van der Waals surface area contributed by atoms with Crippen LogP contribution in [0.3, 0.4) is 0 Å². The molecule has 9 nitrogen and oxygen atoms in total. The van der Waals surface area contributed by atoms with Crippen molar-refractivity contribution in [3.63, 3.8) is 0 Å². The van der Waals surface area contributed by atoms with Gasteiger partial charge in [-0.25, -0.2) is 4.68 Å². The summed E-state index contributed by atoms with van der Waals surface area (Å²) in [6, 6.07) is 0.375. The highest BCUT2D eigenvalue weighted by molar-refractivity contribution is 7.99. The molecule has 3 rings (SSSR count). The standard InChI is InChI=1S/C18H31N7O2S/c1-3-23(4-2)16(26)13-22-9-11-24(12-10-22)17(27)14-28-18-19-20-21-25(18)15-7-5-6-8-15/h15H,3-14H2,1-2H3. The van der Waals surface area contributed by atoms with Gasteiger partial charge in [0.05, 0.1) is 18.3 Å². The molecule has 1 saturated carbocycles. The Bertz CT molecular complexity index is 650. The van der Waals surface area contributed by atoms with Crippen molar-refractivity contribution in [1.29, 1.82) is 0 Å². The van der Waals surface area contributed by atoms with E-state index in [9.17, 15) is 9.59 Å². The molecule has 1 aromatic heterocycles. The van der Waals surface area contributed by atoms with Crippen LogP contribution in [-0.2, 0) is 9.59 Å². The zero-order valence-corrected chi connectivity index (χ0v) is 17.7. The first-order valence-corrected chi connectivity index (χ1v) is 11.3. The van der Waals surface area contributed by atoms with Crippen LogP contribution in [0.15, 0.2) is 5.16 Å². The quantitative estimate of drug-likeness (QED) is 0.589. The van der Waals surface area contributed by atoms with Crippen molar-refractivity contribution in [2.45, 2.75) is 50.7 Å². The van der Waals surface area contributed by atoms with Gasteiger partial charge in [0.15, 0.2) is 0 Å². The number of carbonyl (C=O) groups excluding carboxylic acids is 2. The van der Waals surface area contributed by atoms with Crippen molar-refractivity contribution >= 4 is 23.6 Å². The third-order valence-corrected chi connectivity index (χ3v) is 6.58. The largest absolute Gasteiger partial charge is 0.342 e. The van der Waals surface area contributed by atoms with Crippen molar-refractivity contribution < 1.29 is 9.59 Å². The summed E-state index contributed by atoms with van der Waals surface area (Å²) in [5.41, 5.74) is 0. The zero-order chi connectivity index (χ0) is 19.9. The summed E-state index contributed by atoms with van der Waals surface area (Å²) in [6.07, 6.45) is 4.66. The predicted molar refractivity (Wildman–Crippen MR) is 107 cm³/mol. The molecule has 1 saturated heterocycles. The van der Waals surface area contributed by atoms with E-state index in [1.807, 2.05) is 28.3 Å². The van der Waals surface area contributed by atoms with Crippen molar-refractivity contribution in [2.75, 3.05) is 51.6 Å². The summed E-state index contributed by atoms with van der Waals surface area (Å²) in [4.78, 5) is 30.7. The van der Waals surface area contributed by atoms with Gasteiger partial charge in [0.2, 0.25) is 17.0 Å². The summed E-state index contributed by atoms with van der Waals surface area (Å²) in [5.74, 6) is 0.630. The van der Waals surface area contributed by atoms with Gasteiger partial charge in [-0.05, 0) is 37.1 Å². The maximum atomic E-state index is 12.6. The highest BCUT2D eigenvalue weighted by Gasteiger charge is 2.25. The van der Waals surface area contributed by atoms with E-state index in [1.54, 1.807) is 0 Å². The van der Waals surface area contributed by atoms with E-state index >= 15 is 0 Å². The molecule has 0 spiro atoms. The Hall–Kier alpha value is -1.68. The van der Waals surface area contributed by atoms with Gasteiger partial charge in [0.25, 0.3) is 0 Å². The molecule has 2 heterocycles. The summed E-state index contributed by atoms with van der Waals surface area (Å²) in [7, 11) is 0. The molecule has 0 unspecified atom stereocenters. The van der Waals surface area contributed by atoms with Crippen LogP contribution in [0.25, 0.3) is 0 Å². The van der Waals surface area contributed by atoms with Crippen LogP contribution in [0, 0.1) is 0 Å². The minimum Gasteiger partial charge on any atom is -0.342 e. The third-order valence-electron chi connectivity index (χ3n) is 5.66. The SMILES string of the molecule is CCN(CC)C(=O)CN1CCN(C(=O)CSc2nnnn2C2CCCC2)CC1. The number of hydrogen-bond donors (Lipinski definition) is 0. The molecule has 2 amide bonds. The Morgan fingerprint density at radius 1 is 1.11 bits per heavy atom. The van der Waals surface area contributed by atoms with Gasteiger partial charge in [0, 0.05) is 39.3 Å². The molecule has 0 bridgehead atoms. The Labute approximate surface area is 170 Å². The second kappa shape index (κ2) is 10.2. The molecule has 0 aromatic carbocycles. The molecule has 0 N–H and O–H groups in total. The summed E-state index contributed by atoms with van der Waals surface area (Å²) in [5, 5.41) is 12.8. The third kappa shape index (κ3) is 5.22. The predicted octanol–water partition coefficient (Wildman–Crippen LogP) is 0.893. The summed E-state index contributed by atoms with van der Waals surface area (Å²) in [6.45, 7) is 8.73. The molecule has 0 radical (unpaired) electrons. The van der Waals surface area contributed by atoms with Crippen molar-refractivity contribution in [2.24, 2.45) is 0 Å². The number of amides is 2. The Morgan fingerprint density at radius 3 is 2.43 bits per heavy atom. The van der Waals surface area contributed by atoms with Crippen LogP contribution in [0.2, 0.25) is 0 Å². The molecule has 28 heavy (non-hydrogen) atoms. The van der Waals surface area contributed by atoms with Crippen molar-refractivity contribution in [1.82, 2.24) is 34.9 Å². The average Bonchev–Trinajstić information content (AvgIpc) is 3.39. The van der Waals surface area contributed by atoms with Crippen molar-refractivity contribution in [3.8, 4) is 0 Å². The van der Waals surface area contributed by atoms with E-state index in [-0.39, 0.29) is 11.8 Å². The molecule has 1 aromatic rings. The number of thioether (sulfide) groups is 1. The fraction of sp³-hybridized carbons (Fsp3) is 0.833. The number of tetrazole rings is 1. The molecular formula is C18H31N7O2S. The maximum Gasteiger partial charge on any atom is 0.236 e. The first-order chi connectivity index (χ1) is 13.6. The Balaban J connectivity index is 1.42. The number of aromatic nitrogens is 4. The molecule has 10 heteroatoms. The van der Waals surface area contributed by atoms with Crippen LogP contribution in [0.5, 0.6) is 0 Å². The number of carbonyl (C=O) groups is 2. The topological polar surface area (TPSA) is 87.5 Å². The normalized spacial score (nSPS) is 18.6. The lowest BCUT2D eigenvalue weighted by Crippen LogP contribution is -2.52. The van der Waals surface area contributed by atoms with Crippen LogP contribution in [0.4, 0.5) is 0 Å². The average molecular weight is 410 g/mol. The molecular weight excluding hydrogens is 378 g/mol. The Kier molecular flexibility index (Phi) is 7.66. The fourth-order valence-electron chi connectivity index (χ4n) is 3.90. The smallest absolute Gasteiger partial charge is 0.236 e. The van der Waals surface area contributed by atoms with Gasteiger partial charge in [0.1, 0.15) is 0 Å².